The zero-order valence-electron chi connectivity index (χ0n) is 13.5. The van der Waals surface area contributed by atoms with E-state index in [1.165, 1.54) is 31.5 Å². The third kappa shape index (κ3) is 4.11. The SMILES string of the molecule is O=C(O)c1ccc(-c2cc(O)cc(CC[C@H]3CCCCN3)c2)nc1. The molecule has 0 saturated carbocycles. The van der Waals surface area contributed by atoms with Gasteiger partial charge >= 0.3 is 5.97 Å². The highest BCUT2D eigenvalue weighted by molar-refractivity contribution is 5.87. The van der Waals surface area contributed by atoms with E-state index in [9.17, 15) is 9.90 Å². The van der Waals surface area contributed by atoms with Gasteiger partial charge in [-0.1, -0.05) is 6.42 Å². The summed E-state index contributed by atoms with van der Waals surface area (Å²) in [5.74, 6) is -0.783. The van der Waals surface area contributed by atoms with E-state index in [0.29, 0.717) is 11.7 Å². The number of carboxylic acids is 1. The Morgan fingerprint density at radius 1 is 1.25 bits per heavy atom. The van der Waals surface area contributed by atoms with Crippen molar-refractivity contribution in [2.75, 3.05) is 6.54 Å². The van der Waals surface area contributed by atoms with Crippen LogP contribution in [0.25, 0.3) is 11.3 Å². The van der Waals surface area contributed by atoms with E-state index < -0.39 is 5.97 Å². The van der Waals surface area contributed by atoms with Crippen LogP contribution >= 0.6 is 0 Å². The summed E-state index contributed by atoms with van der Waals surface area (Å²) in [5, 5.41) is 22.5. The maximum atomic E-state index is 10.9. The first-order valence-corrected chi connectivity index (χ1v) is 8.38. The highest BCUT2D eigenvalue weighted by atomic mass is 16.4. The van der Waals surface area contributed by atoms with Crippen molar-refractivity contribution in [3.63, 3.8) is 0 Å². The van der Waals surface area contributed by atoms with Gasteiger partial charge in [-0.25, -0.2) is 4.79 Å². The molecule has 1 aliphatic heterocycles. The third-order valence-corrected chi connectivity index (χ3v) is 4.48. The molecule has 0 aliphatic carbocycles. The number of hydrogen-bond acceptors (Lipinski definition) is 4. The fourth-order valence-electron chi connectivity index (χ4n) is 3.17. The molecule has 2 heterocycles. The van der Waals surface area contributed by atoms with Crippen molar-refractivity contribution in [1.82, 2.24) is 10.3 Å². The van der Waals surface area contributed by atoms with Crippen LogP contribution in [0.3, 0.4) is 0 Å². The Morgan fingerprint density at radius 3 is 2.79 bits per heavy atom. The van der Waals surface area contributed by atoms with Crippen LogP contribution in [-0.2, 0) is 6.42 Å². The minimum absolute atomic E-state index is 0.155. The molecule has 126 valence electrons. The monoisotopic (exact) mass is 326 g/mol. The molecule has 24 heavy (non-hydrogen) atoms. The predicted molar refractivity (Wildman–Crippen MR) is 92.3 cm³/mol. The second-order valence-corrected chi connectivity index (χ2v) is 6.31. The molecule has 1 saturated heterocycles. The van der Waals surface area contributed by atoms with E-state index in [-0.39, 0.29) is 11.3 Å². The quantitative estimate of drug-likeness (QED) is 0.786. The molecular weight excluding hydrogens is 304 g/mol. The van der Waals surface area contributed by atoms with Crippen LogP contribution in [0.2, 0.25) is 0 Å². The van der Waals surface area contributed by atoms with Gasteiger partial charge < -0.3 is 15.5 Å². The molecular formula is C19H22N2O3. The topological polar surface area (TPSA) is 82.5 Å². The first kappa shape index (κ1) is 16.5. The van der Waals surface area contributed by atoms with Crippen molar-refractivity contribution in [3.8, 4) is 17.0 Å². The zero-order chi connectivity index (χ0) is 16.9. The molecule has 3 N–H and O–H groups in total. The van der Waals surface area contributed by atoms with Crippen LogP contribution in [0.1, 0.15) is 41.6 Å². The lowest BCUT2D eigenvalue weighted by molar-refractivity contribution is 0.0696. The van der Waals surface area contributed by atoms with Crippen LogP contribution in [0.4, 0.5) is 0 Å². The molecule has 1 aromatic carbocycles. The molecule has 1 aromatic heterocycles. The maximum absolute atomic E-state index is 10.9. The Bertz CT molecular complexity index is 707. The average Bonchev–Trinajstić information content (AvgIpc) is 2.60. The highest BCUT2D eigenvalue weighted by Crippen LogP contribution is 2.25. The Hall–Kier alpha value is -2.40. The number of aryl methyl sites for hydroxylation is 1. The first-order valence-electron chi connectivity index (χ1n) is 8.38. The summed E-state index contributed by atoms with van der Waals surface area (Å²) < 4.78 is 0. The molecule has 0 radical (unpaired) electrons. The predicted octanol–water partition coefficient (Wildman–Crippen LogP) is 3.23. The summed E-state index contributed by atoms with van der Waals surface area (Å²) in [6.45, 7) is 1.09. The van der Waals surface area contributed by atoms with Crippen molar-refractivity contribution in [1.29, 1.82) is 0 Å². The molecule has 3 rings (SSSR count). The second kappa shape index (κ2) is 7.45. The molecule has 2 aromatic rings. The Balaban J connectivity index is 1.74. The Kier molecular flexibility index (Phi) is 5.11. The van der Waals surface area contributed by atoms with Gasteiger partial charge in [0, 0.05) is 17.8 Å². The molecule has 0 spiro atoms. The standard InChI is InChI=1S/C19H22N2O3/c22-17-10-13(4-6-16-3-1-2-8-20-16)9-15(11-17)18-7-5-14(12-21-18)19(23)24/h5,7,9-12,16,20,22H,1-4,6,8H2,(H,23,24)/t16-/m1/s1. The summed E-state index contributed by atoms with van der Waals surface area (Å²) in [6, 6.07) is 9.22. The number of carbonyl (C=O) groups is 1. The van der Waals surface area contributed by atoms with Gasteiger partial charge in [0.1, 0.15) is 5.75 Å². The molecule has 1 atom stereocenters. The van der Waals surface area contributed by atoms with E-state index in [2.05, 4.69) is 10.3 Å². The average molecular weight is 326 g/mol. The summed E-state index contributed by atoms with van der Waals surface area (Å²) >= 11 is 0. The van der Waals surface area contributed by atoms with Crippen molar-refractivity contribution >= 4 is 5.97 Å². The van der Waals surface area contributed by atoms with Crippen LogP contribution < -0.4 is 5.32 Å². The summed E-state index contributed by atoms with van der Waals surface area (Å²) in [7, 11) is 0. The number of nitrogens with zero attached hydrogens (tertiary/aromatic N) is 1. The van der Waals surface area contributed by atoms with Gasteiger partial charge in [0.05, 0.1) is 11.3 Å². The summed E-state index contributed by atoms with van der Waals surface area (Å²) in [4.78, 5) is 15.1. The molecule has 0 unspecified atom stereocenters. The van der Waals surface area contributed by atoms with Crippen LogP contribution in [0.5, 0.6) is 5.75 Å². The largest absolute Gasteiger partial charge is 0.508 e. The van der Waals surface area contributed by atoms with Gasteiger partial charge in [-0.15, -0.1) is 0 Å². The van der Waals surface area contributed by atoms with Gasteiger partial charge in [-0.3, -0.25) is 4.98 Å². The van der Waals surface area contributed by atoms with Crippen molar-refractivity contribution in [2.24, 2.45) is 0 Å². The van der Waals surface area contributed by atoms with Crippen LogP contribution in [-0.4, -0.2) is 33.8 Å². The number of aromatic nitrogens is 1. The Labute approximate surface area is 141 Å². The lowest BCUT2D eigenvalue weighted by Crippen LogP contribution is -2.34. The van der Waals surface area contributed by atoms with E-state index in [1.807, 2.05) is 6.07 Å². The van der Waals surface area contributed by atoms with Gasteiger partial charge in [-0.2, -0.15) is 0 Å². The van der Waals surface area contributed by atoms with Gasteiger partial charge in [0.25, 0.3) is 0 Å². The van der Waals surface area contributed by atoms with Crippen molar-refractivity contribution in [3.05, 3.63) is 47.7 Å². The lowest BCUT2D eigenvalue weighted by Gasteiger charge is -2.23. The number of aromatic hydroxyl groups is 1. The first-order chi connectivity index (χ1) is 11.6. The van der Waals surface area contributed by atoms with E-state index in [0.717, 1.165) is 30.5 Å². The van der Waals surface area contributed by atoms with Crippen molar-refractivity contribution in [2.45, 2.75) is 38.1 Å². The van der Waals surface area contributed by atoms with Gasteiger partial charge in [-0.05, 0) is 68.1 Å². The number of nitrogens with one attached hydrogen (secondary N) is 1. The van der Waals surface area contributed by atoms with Crippen LogP contribution in [0.15, 0.2) is 36.5 Å². The van der Waals surface area contributed by atoms with Crippen molar-refractivity contribution < 1.29 is 15.0 Å². The van der Waals surface area contributed by atoms with Gasteiger partial charge in [0.2, 0.25) is 0 Å². The fourth-order valence-corrected chi connectivity index (χ4v) is 3.17. The summed E-state index contributed by atoms with van der Waals surface area (Å²) in [5.41, 5.74) is 2.69. The number of hydrogen-bond donors (Lipinski definition) is 3. The number of aromatic carboxylic acids is 1. The maximum Gasteiger partial charge on any atom is 0.337 e. The Morgan fingerprint density at radius 2 is 2.12 bits per heavy atom. The van der Waals surface area contributed by atoms with Crippen LogP contribution in [0, 0.1) is 0 Å². The number of pyridine rings is 1. The molecule has 1 aliphatic rings. The number of carboxylic acid groups (broad SMARTS) is 1. The molecule has 0 bridgehead atoms. The number of phenolic OH excluding ortho intramolecular Hbond substituents is 1. The smallest absolute Gasteiger partial charge is 0.337 e. The highest BCUT2D eigenvalue weighted by Gasteiger charge is 2.13. The number of benzene rings is 1. The van der Waals surface area contributed by atoms with E-state index in [4.69, 9.17) is 5.11 Å². The minimum Gasteiger partial charge on any atom is -0.508 e. The summed E-state index contributed by atoms with van der Waals surface area (Å²) in [6.07, 6.45) is 7.03. The number of phenols is 1. The molecule has 5 heteroatoms. The fraction of sp³-hybridized carbons (Fsp3) is 0.368. The number of rotatable bonds is 5. The normalized spacial score (nSPS) is 17.6. The second-order valence-electron chi connectivity index (χ2n) is 6.31. The lowest BCUT2D eigenvalue weighted by atomic mass is 9.96. The van der Waals surface area contributed by atoms with Gasteiger partial charge in [0.15, 0.2) is 0 Å². The zero-order valence-corrected chi connectivity index (χ0v) is 13.5. The molecule has 1 fully saturated rings. The van der Waals surface area contributed by atoms with E-state index in [1.54, 1.807) is 18.2 Å². The number of piperidine rings is 1. The molecule has 0 amide bonds. The third-order valence-electron chi connectivity index (χ3n) is 4.48. The molecule has 5 nitrogen and oxygen atoms in total. The van der Waals surface area contributed by atoms with E-state index >= 15 is 0 Å². The minimum atomic E-state index is -0.995.